The van der Waals surface area contributed by atoms with Gasteiger partial charge in [-0.3, -0.25) is 4.90 Å². The first-order chi connectivity index (χ1) is 7.90. The maximum Gasteiger partial charge on any atom is 0.0356 e. The molecule has 2 bridgehead atoms. The molecule has 0 aromatic heterocycles. The Morgan fingerprint density at radius 3 is 2.56 bits per heavy atom. The van der Waals surface area contributed by atoms with Gasteiger partial charge in [0.25, 0.3) is 0 Å². The van der Waals surface area contributed by atoms with Gasteiger partial charge in [-0.25, -0.2) is 0 Å². The van der Waals surface area contributed by atoms with Gasteiger partial charge in [0, 0.05) is 6.04 Å². The number of benzene rings is 1. The lowest BCUT2D eigenvalue weighted by atomic mass is 9.95. The van der Waals surface area contributed by atoms with Crippen molar-refractivity contribution in [2.45, 2.75) is 45.6 Å². The molecule has 2 unspecified atom stereocenters. The summed E-state index contributed by atoms with van der Waals surface area (Å²) in [7, 11) is 0. The van der Waals surface area contributed by atoms with Gasteiger partial charge >= 0.3 is 0 Å². The zero-order chi connectivity index (χ0) is 11.5. The molecule has 2 atom stereocenters. The monoisotopic (exact) mass is 217 g/mol. The van der Waals surface area contributed by atoms with E-state index in [9.17, 15) is 0 Å². The SMILES string of the molecule is CC.CCN1CCC2CC1c1ccccc12. The lowest BCUT2D eigenvalue weighted by Crippen LogP contribution is -2.31. The Balaban J connectivity index is 0.000000457. The number of likely N-dealkylation sites (tertiary alicyclic amines) is 1. The molecule has 0 spiro atoms. The van der Waals surface area contributed by atoms with Crippen molar-refractivity contribution in [2.24, 2.45) is 0 Å². The van der Waals surface area contributed by atoms with Crippen LogP contribution in [0, 0.1) is 0 Å². The Morgan fingerprint density at radius 1 is 1.19 bits per heavy atom. The highest BCUT2D eigenvalue weighted by atomic mass is 15.2. The molecule has 1 heteroatoms. The van der Waals surface area contributed by atoms with Crippen LogP contribution in [-0.2, 0) is 0 Å². The Bertz CT molecular complexity index is 345. The van der Waals surface area contributed by atoms with Crippen LogP contribution in [0.2, 0.25) is 0 Å². The summed E-state index contributed by atoms with van der Waals surface area (Å²) in [5, 5.41) is 0. The van der Waals surface area contributed by atoms with Crippen molar-refractivity contribution in [3.8, 4) is 0 Å². The first-order valence-electron chi connectivity index (χ1n) is 6.73. The minimum absolute atomic E-state index is 0.731. The first-order valence-corrected chi connectivity index (χ1v) is 6.73. The molecule has 0 saturated carbocycles. The van der Waals surface area contributed by atoms with E-state index in [0.29, 0.717) is 0 Å². The van der Waals surface area contributed by atoms with Crippen LogP contribution >= 0.6 is 0 Å². The Labute approximate surface area is 99.5 Å². The molecule has 1 aliphatic carbocycles. The van der Waals surface area contributed by atoms with Gasteiger partial charge in [-0.2, -0.15) is 0 Å². The highest BCUT2D eigenvalue weighted by Gasteiger charge is 2.37. The zero-order valence-electron chi connectivity index (χ0n) is 10.7. The molecule has 1 saturated heterocycles. The van der Waals surface area contributed by atoms with E-state index in [-0.39, 0.29) is 0 Å². The quantitative estimate of drug-likeness (QED) is 0.688. The molecule has 1 aliphatic heterocycles. The molecule has 1 nitrogen and oxygen atoms in total. The van der Waals surface area contributed by atoms with E-state index in [0.717, 1.165) is 12.0 Å². The van der Waals surface area contributed by atoms with Crippen LogP contribution < -0.4 is 0 Å². The van der Waals surface area contributed by atoms with Crippen molar-refractivity contribution in [2.75, 3.05) is 13.1 Å². The molecular formula is C15H23N. The van der Waals surface area contributed by atoms with Crippen LogP contribution in [0.1, 0.15) is 56.7 Å². The molecule has 1 aromatic rings. The molecule has 1 heterocycles. The summed E-state index contributed by atoms with van der Waals surface area (Å²) in [6, 6.07) is 9.77. The second kappa shape index (κ2) is 5.01. The van der Waals surface area contributed by atoms with Crippen LogP contribution in [0.3, 0.4) is 0 Å². The molecule has 1 fully saturated rings. The number of hydrogen-bond acceptors (Lipinski definition) is 1. The average molecular weight is 217 g/mol. The fourth-order valence-corrected chi connectivity index (χ4v) is 3.18. The van der Waals surface area contributed by atoms with Gasteiger partial charge in [0.05, 0.1) is 0 Å². The summed E-state index contributed by atoms with van der Waals surface area (Å²) in [6.45, 7) is 8.77. The summed E-state index contributed by atoms with van der Waals surface area (Å²) in [5.74, 6) is 0.860. The summed E-state index contributed by atoms with van der Waals surface area (Å²) in [4.78, 5) is 2.63. The molecule has 0 radical (unpaired) electrons. The maximum absolute atomic E-state index is 2.63. The number of hydrogen-bond donors (Lipinski definition) is 0. The third-order valence-electron chi connectivity index (χ3n) is 3.91. The summed E-state index contributed by atoms with van der Waals surface area (Å²) >= 11 is 0. The van der Waals surface area contributed by atoms with E-state index in [1.54, 1.807) is 11.1 Å². The van der Waals surface area contributed by atoms with Crippen molar-refractivity contribution in [1.29, 1.82) is 0 Å². The molecule has 3 rings (SSSR count). The van der Waals surface area contributed by atoms with Crippen molar-refractivity contribution in [3.63, 3.8) is 0 Å². The summed E-state index contributed by atoms with van der Waals surface area (Å²) in [5.41, 5.74) is 3.24. The third kappa shape index (κ3) is 1.78. The standard InChI is InChI=1S/C13H17N.C2H6/c1-2-14-8-7-10-9-13(14)12-6-4-3-5-11(10)12;1-2/h3-6,10,13H,2,7-9H2,1H3;1-2H3. The largest absolute Gasteiger partial charge is 0.297 e. The van der Waals surface area contributed by atoms with Gasteiger partial charge in [-0.15, -0.1) is 0 Å². The van der Waals surface area contributed by atoms with Crippen molar-refractivity contribution in [1.82, 2.24) is 4.90 Å². The van der Waals surface area contributed by atoms with Gasteiger partial charge in [-0.05, 0) is 43.0 Å². The first kappa shape index (κ1) is 11.7. The van der Waals surface area contributed by atoms with Gasteiger partial charge in [0.15, 0.2) is 0 Å². The minimum atomic E-state index is 0.731. The maximum atomic E-state index is 2.63. The van der Waals surface area contributed by atoms with Crippen molar-refractivity contribution < 1.29 is 0 Å². The zero-order valence-corrected chi connectivity index (χ0v) is 10.7. The van der Waals surface area contributed by atoms with E-state index in [1.807, 2.05) is 13.8 Å². The fourth-order valence-electron chi connectivity index (χ4n) is 3.18. The van der Waals surface area contributed by atoms with E-state index in [4.69, 9.17) is 0 Å². The normalized spacial score (nSPS) is 26.9. The smallest absolute Gasteiger partial charge is 0.0356 e. The summed E-state index contributed by atoms with van der Waals surface area (Å²) < 4.78 is 0. The Kier molecular flexibility index (Phi) is 3.65. The van der Waals surface area contributed by atoms with E-state index in [1.165, 1.54) is 25.9 Å². The predicted molar refractivity (Wildman–Crippen MR) is 69.8 cm³/mol. The predicted octanol–water partition coefficient (Wildman–Crippen LogP) is 3.97. The highest BCUT2D eigenvalue weighted by molar-refractivity contribution is 5.39. The number of rotatable bonds is 1. The topological polar surface area (TPSA) is 3.24 Å². The fraction of sp³-hybridized carbons (Fsp3) is 0.600. The molecule has 0 amide bonds. The third-order valence-corrected chi connectivity index (χ3v) is 3.91. The van der Waals surface area contributed by atoms with E-state index in [2.05, 4.69) is 36.1 Å². The Hall–Kier alpha value is -0.820. The van der Waals surface area contributed by atoms with Crippen LogP contribution in [-0.4, -0.2) is 18.0 Å². The molecule has 0 N–H and O–H groups in total. The summed E-state index contributed by atoms with van der Waals surface area (Å²) in [6.07, 6.45) is 2.73. The van der Waals surface area contributed by atoms with Crippen molar-refractivity contribution >= 4 is 0 Å². The number of fused-ring (bicyclic) bond motifs is 5. The Morgan fingerprint density at radius 2 is 1.88 bits per heavy atom. The number of nitrogens with zero attached hydrogens (tertiary/aromatic N) is 1. The lowest BCUT2D eigenvalue weighted by Gasteiger charge is -2.32. The van der Waals surface area contributed by atoms with Gasteiger partial charge in [0.2, 0.25) is 0 Å². The molecule has 2 aliphatic rings. The van der Waals surface area contributed by atoms with Crippen LogP contribution in [0.4, 0.5) is 0 Å². The average Bonchev–Trinajstić information content (AvgIpc) is 2.67. The lowest BCUT2D eigenvalue weighted by molar-refractivity contribution is 0.161. The second-order valence-electron chi connectivity index (χ2n) is 4.49. The molecule has 88 valence electrons. The minimum Gasteiger partial charge on any atom is -0.297 e. The molecule has 16 heavy (non-hydrogen) atoms. The molecular weight excluding hydrogens is 194 g/mol. The van der Waals surface area contributed by atoms with Gasteiger partial charge in [0.1, 0.15) is 0 Å². The highest BCUT2D eigenvalue weighted by Crippen LogP contribution is 2.48. The molecule has 1 aromatic carbocycles. The van der Waals surface area contributed by atoms with Crippen LogP contribution in [0.25, 0.3) is 0 Å². The van der Waals surface area contributed by atoms with Crippen LogP contribution in [0.15, 0.2) is 24.3 Å². The van der Waals surface area contributed by atoms with Gasteiger partial charge in [-0.1, -0.05) is 45.0 Å². The van der Waals surface area contributed by atoms with Crippen LogP contribution in [0.5, 0.6) is 0 Å². The van der Waals surface area contributed by atoms with Crippen molar-refractivity contribution in [3.05, 3.63) is 35.4 Å². The second-order valence-corrected chi connectivity index (χ2v) is 4.49. The van der Waals surface area contributed by atoms with E-state index >= 15 is 0 Å². The van der Waals surface area contributed by atoms with E-state index < -0.39 is 0 Å². The number of piperidine rings is 1. The van der Waals surface area contributed by atoms with Gasteiger partial charge < -0.3 is 0 Å².